The van der Waals surface area contributed by atoms with Crippen LogP contribution in [0.2, 0.25) is 0 Å². The molecule has 0 bridgehead atoms. The van der Waals surface area contributed by atoms with Crippen LogP contribution in [0, 0.1) is 4.64 Å². The van der Waals surface area contributed by atoms with Gasteiger partial charge in [-0.2, -0.15) is 0 Å². The number of H-pyrrole nitrogens is 1. The average molecular weight is 317 g/mol. The van der Waals surface area contributed by atoms with Gasteiger partial charge in [-0.1, -0.05) is 24.4 Å². The van der Waals surface area contributed by atoms with Crippen LogP contribution >= 0.6 is 24.0 Å². The molecule has 2 N–H and O–H groups in total. The molecule has 0 radical (unpaired) electrons. The zero-order chi connectivity index (χ0) is 14.2. The van der Waals surface area contributed by atoms with Gasteiger partial charge < -0.3 is 15.0 Å². The minimum Gasteiger partial charge on any atom is -0.480 e. The van der Waals surface area contributed by atoms with Crippen LogP contribution in [0.5, 0.6) is 5.75 Å². The van der Waals surface area contributed by atoms with Gasteiger partial charge in [0.05, 0.1) is 0 Å². The lowest BCUT2D eigenvalue weighted by molar-refractivity contribution is 0.209. The molecule has 0 saturated carbocycles. The number of aromatic amines is 1. The van der Waals surface area contributed by atoms with E-state index in [1.807, 2.05) is 18.2 Å². The van der Waals surface area contributed by atoms with Gasteiger partial charge in [0.2, 0.25) is 0 Å². The maximum Gasteiger partial charge on any atom is 0.165 e. The second-order valence-corrected chi connectivity index (χ2v) is 6.62. The molecule has 1 aromatic carbocycles. The largest absolute Gasteiger partial charge is 0.480 e. The van der Waals surface area contributed by atoms with Crippen LogP contribution < -0.4 is 10.1 Å². The number of hydrogen-bond donors (Lipinski definition) is 2. The molecule has 0 aliphatic carbocycles. The molecule has 6 heteroatoms. The highest BCUT2D eigenvalue weighted by atomic mass is 32.2. The fraction of sp³-hybridized carbons (Fsp3) is 0.333. The zero-order valence-corrected chi connectivity index (χ0v) is 13.0. The van der Waals surface area contributed by atoms with Gasteiger partial charge in [0.25, 0.3) is 0 Å². The number of benzene rings is 1. The van der Waals surface area contributed by atoms with Crippen molar-refractivity contribution in [1.82, 2.24) is 15.3 Å². The van der Waals surface area contributed by atoms with Crippen LogP contribution in [-0.2, 0) is 13.0 Å². The Bertz CT molecular complexity index is 744. The first-order valence-corrected chi connectivity index (χ1v) is 8.42. The fourth-order valence-electron chi connectivity index (χ4n) is 2.69. The molecule has 3 heterocycles. The van der Waals surface area contributed by atoms with E-state index in [1.54, 1.807) is 11.8 Å². The Hall–Kier alpha value is -1.37. The van der Waals surface area contributed by atoms with Crippen LogP contribution in [0.25, 0.3) is 0 Å². The van der Waals surface area contributed by atoms with Crippen LogP contribution in [0.4, 0.5) is 0 Å². The Morgan fingerprint density at radius 2 is 2.24 bits per heavy atom. The Morgan fingerprint density at radius 1 is 1.33 bits per heavy atom. The number of nitrogens with one attached hydrogen (secondary N) is 2. The molecule has 1 unspecified atom stereocenters. The van der Waals surface area contributed by atoms with E-state index in [1.165, 1.54) is 10.6 Å². The topological polar surface area (TPSA) is 49.9 Å². The third-order valence-corrected chi connectivity index (χ3v) is 5.25. The van der Waals surface area contributed by atoms with Crippen LogP contribution in [-0.4, -0.2) is 22.3 Å². The monoisotopic (exact) mass is 317 g/mol. The number of aromatic nitrogens is 2. The molecule has 0 saturated heterocycles. The molecule has 0 fully saturated rings. The lowest BCUT2D eigenvalue weighted by Gasteiger charge is -2.26. The van der Waals surface area contributed by atoms with Gasteiger partial charge in [-0.25, -0.2) is 4.98 Å². The van der Waals surface area contributed by atoms with Crippen molar-refractivity contribution in [2.75, 3.05) is 12.3 Å². The molecular formula is C15H15N3OS2. The summed E-state index contributed by atoms with van der Waals surface area (Å²) in [4.78, 5) is 9.20. The third-order valence-electron chi connectivity index (χ3n) is 3.79. The molecule has 1 atom stereocenters. The van der Waals surface area contributed by atoms with Gasteiger partial charge in [0.1, 0.15) is 16.2 Å². The summed E-state index contributed by atoms with van der Waals surface area (Å²) in [6, 6.07) is 8.12. The van der Waals surface area contributed by atoms with E-state index in [-0.39, 0.29) is 6.10 Å². The average Bonchev–Trinajstić information content (AvgIpc) is 2.54. The molecule has 2 aromatic rings. The summed E-state index contributed by atoms with van der Waals surface area (Å²) in [5, 5.41) is 3.33. The smallest absolute Gasteiger partial charge is 0.165 e. The van der Waals surface area contributed by atoms with Crippen molar-refractivity contribution in [3.63, 3.8) is 0 Å². The van der Waals surface area contributed by atoms with Crippen LogP contribution in [0.15, 0.2) is 29.2 Å². The van der Waals surface area contributed by atoms with E-state index in [0.29, 0.717) is 4.64 Å². The van der Waals surface area contributed by atoms with E-state index >= 15 is 0 Å². The van der Waals surface area contributed by atoms with Crippen molar-refractivity contribution in [2.45, 2.75) is 24.0 Å². The molecule has 4 rings (SSSR count). The summed E-state index contributed by atoms with van der Waals surface area (Å²) in [7, 11) is 0. The second kappa shape index (κ2) is 5.44. The molecule has 108 valence electrons. The Balaban J connectivity index is 1.69. The van der Waals surface area contributed by atoms with Crippen molar-refractivity contribution >= 4 is 24.0 Å². The zero-order valence-electron chi connectivity index (χ0n) is 11.4. The van der Waals surface area contributed by atoms with E-state index in [2.05, 4.69) is 21.4 Å². The van der Waals surface area contributed by atoms with Gasteiger partial charge >= 0.3 is 0 Å². The van der Waals surface area contributed by atoms with Gasteiger partial charge in [0, 0.05) is 41.4 Å². The number of hydrogen-bond acceptors (Lipinski definition) is 5. The number of nitrogens with zero attached hydrogens (tertiary/aromatic N) is 1. The normalized spacial score (nSPS) is 20.3. The third kappa shape index (κ3) is 2.47. The summed E-state index contributed by atoms with van der Waals surface area (Å²) in [6.45, 7) is 1.78. The minimum atomic E-state index is -0.0632. The minimum absolute atomic E-state index is 0.0632. The van der Waals surface area contributed by atoms with Crippen molar-refractivity contribution in [1.29, 1.82) is 0 Å². The van der Waals surface area contributed by atoms with Gasteiger partial charge in [-0.05, 0) is 12.1 Å². The molecule has 2 aliphatic heterocycles. The van der Waals surface area contributed by atoms with E-state index < -0.39 is 0 Å². The number of rotatable bonds is 1. The predicted octanol–water partition coefficient (Wildman–Crippen LogP) is 3.01. The van der Waals surface area contributed by atoms with Crippen molar-refractivity contribution in [3.8, 4) is 5.75 Å². The fourth-order valence-corrected chi connectivity index (χ4v) is 3.98. The van der Waals surface area contributed by atoms with E-state index in [9.17, 15) is 0 Å². The Morgan fingerprint density at radius 3 is 3.19 bits per heavy atom. The number of ether oxygens (including phenoxy) is 1. The van der Waals surface area contributed by atoms with E-state index in [4.69, 9.17) is 17.0 Å². The van der Waals surface area contributed by atoms with Crippen LogP contribution in [0.3, 0.4) is 0 Å². The molecule has 0 amide bonds. The first-order valence-electron chi connectivity index (χ1n) is 7.02. The molecule has 2 aliphatic rings. The first kappa shape index (κ1) is 13.3. The predicted molar refractivity (Wildman–Crippen MR) is 85.4 cm³/mol. The summed E-state index contributed by atoms with van der Waals surface area (Å²) in [6.07, 6.45) is 0.900. The van der Waals surface area contributed by atoms with Crippen LogP contribution in [0.1, 0.15) is 23.2 Å². The van der Waals surface area contributed by atoms with Crippen molar-refractivity contribution in [2.24, 2.45) is 0 Å². The first-order chi connectivity index (χ1) is 10.3. The Labute approximate surface area is 132 Å². The SMILES string of the molecule is S=c1nc(C2CSc3ccccc3O2)[nH]c2c1CNCC2. The highest BCUT2D eigenvalue weighted by Crippen LogP contribution is 2.39. The second-order valence-electron chi connectivity index (χ2n) is 5.18. The lowest BCUT2D eigenvalue weighted by Crippen LogP contribution is -2.27. The van der Waals surface area contributed by atoms with Crippen molar-refractivity contribution < 1.29 is 4.74 Å². The van der Waals surface area contributed by atoms with Gasteiger partial charge in [0.15, 0.2) is 6.10 Å². The summed E-state index contributed by atoms with van der Waals surface area (Å²) in [5.74, 6) is 2.63. The van der Waals surface area contributed by atoms with Gasteiger partial charge in [-0.15, -0.1) is 11.8 Å². The maximum atomic E-state index is 6.09. The molecule has 21 heavy (non-hydrogen) atoms. The highest BCUT2D eigenvalue weighted by molar-refractivity contribution is 7.99. The molecule has 4 nitrogen and oxygen atoms in total. The Kier molecular flexibility index (Phi) is 3.45. The highest BCUT2D eigenvalue weighted by Gasteiger charge is 2.25. The van der Waals surface area contributed by atoms with E-state index in [0.717, 1.165) is 42.4 Å². The lowest BCUT2D eigenvalue weighted by atomic mass is 10.1. The summed E-state index contributed by atoms with van der Waals surface area (Å²) < 4.78 is 6.78. The summed E-state index contributed by atoms with van der Waals surface area (Å²) in [5.41, 5.74) is 2.33. The molecular weight excluding hydrogens is 302 g/mol. The van der Waals surface area contributed by atoms with Gasteiger partial charge in [-0.3, -0.25) is 0 Å². The number of fused-ring (bicyclic) bond motifs is 2. The number of para-hydroxylation sites is 1. The number of thioether (sulfide) groups is 1. The molecule has 0 spiro atoms. The standard InChI is InChI=1S/C15H15N3OS2/c20-15-9-7-16-6-5-10(9)17-14(18-15)12-8-21-13-4-2-1-3-11(13)19-12/h1-4,12,16H,5-8H2,(H,17,18,20). The quantitative estimate of drug-likeness (QED) is 0.792. The maximum absolute atomic E-state index is 6.09. The van der Waals surface area contributed by atoms with Crippen molar-refractivity contribution in [3.05, 3.63) is 46.0 Å². The summed E-state index contributed by atoms with van der Waals surface area (Å²) >= 11 is 7.24. The molecule has 1 aromatic heterocycles.